The minimum absolute atomic E-state index is 0.655. The lowest BCUT2D eigenvalue weighted by atomic mass is 9.86. The maximum Gasteiger partial charge on any atom is 0.0456 e. The molecule has 0 amide bonds. The van der Waals surface area contributed by atoms with Crippen LogP contribution in [0.3, 0.4) is 0 Å². The molecule has 0 radical (unpaired) electrons. The Kier molecular flexibility index (Phi) is 5.03. The SMILES string of the molecule is CC(C)CC(CCCCN)c1c[nH]c2ccccc12. The Morgan fingerprint density at radius 3 is 2.68 bits per heavy atom. The first kappa shape index (κ1) is 14.1. The van der Waals surface area contributed by atoms with Gasteiger partial charge in [-0.25, -0.2) is 0 Å². The number of aromatic amines is 1. The van der Waals surface area contributed by atoms with Crippen LogP contribution in [0.2, 0.25) is 0 Å². The first-order chi connectivity index (χ1) is 9.22. The maximum atomic E-state index is 5.62. The standard InChI is InChI=1S/C17H26N2/c1-13(2)11-14(7-5-6-10-18)16-12-19-17-9-4-3-8-15(16)17/h3-4,8-9,12-14,19H,5-7,10-11,18H2,1-2H3. The van der Waals surface area contributed by atoms with Crippen molar-refractivity contribution in [1.29, 1.82) is 0 Å². The first-order valence-corrected chi connectivity index (χ1v) is 7.48. The number of nitrogens with one attached hydrogen (secondary N) is 1. The summed E-state index contributed by atoms with van der Waals surface area (Å²) < 4.78 is 0. The van der Waals surface area contributed by atoms with E-state index < -0.39 is 0 Å². The van der Waals surface area contributed by atoms with Gasteiger partial charge < -0.3 is 10.7 Å². The van der Waals surface area contributed by atoms with Gasteiger partial charge in [0.15, 0.2) is 0 Å². The molecule has 1 heterocycles. The van der Waals surface area contributed by atoms with Crippen LogP contribution < -0.4 is 5.73 Å². The molecule has 0 spiro atoms. The second kappa shape index (κ2) is 6.76. The van der Waals surface area contributed by atoms with E-state index in [2.05, 4.69) is 49.3 Å². The van der Waals surface area contributed by atoms with Crippen molar-refractivity contribution in [2.75, 3.05) is 6.54 Å². The van der Waals surface area contributed by atoms with Crippen molar-refractivity contribution in [1.82, 2.24) is 4.98 Å². The van der Waals surface area contributed by atoms with Gasteiger partial charge in [0.1, 0.15) is 0 Å². The summed E-state index contributed by atoms with van der Waals surface area (Å²) in [5, 5.41) is 1.39. The highest BCUT2D eigenvalue weighted by Crippen LogP contribution is 2.33. The summed E-state index contributed by atoms with van der Waals surface area (Å²) in [4.78, 5) is 3.41. The number of hydrogen-bond donors (Lipinski definition) is 2. The number of hydrogen-bond acceptors (Lipinski definition) is 1. The van der Waals surface area contributed by atoms with Gasteiger partial charge in [0.2, 0.25) is 0 Å². The minimum Gasteiger partial charge on any atom is -0.361 e. The lowest BCUT2D eigenvalue weighted by Crippen LogP contribution is -2.05. The quantitative estimate of drug-likeness (QED) is 0.709. The lowest BCUT2D eigenvalue weighted by molar-refractivity contribution is 0.463. The van der Waals surface area contributed by atoms with Gasteiger partial charge in [-0.3, -0.25) is 0 Å². The highest BCUT2D eigenvalue weighted by atomic mass is 14.7. The van der Waals surface area contributed by atoms with Crippen molar-refractivity contribution in [3.05, 3.63) is 36.0 Å². The molecule has 19 heavy (non-hydrogen) atoms. The summed E-state index contributed by atoms with van der Waals surface area (Å²) in [7, 11) is 0. The van der Waals surface area contributed by atoms with Gasteiger partial charge in [-0.05, 0) is 49.3 Å². The Balaban J connectivity index is 2.21. The molecular weight excluding hydrogens is 232 g/mol. The van der Waals surface area contributed by atoms with E-state index in [1.165, 1.54) is 35.7 Å². The molecule has 3 N–H and O–H groups in total. The van der Waals surface area contributed by atoms with Gasteiger partial charge in [-0.15, -0.1) is 0 Å². The molecule has 1 aromatic carbocycles. The number of para-hydroxylation sites is 1. The van der Waals surface area contributed by atoms with E-state index >= 15 is 0 Å². The predicted molar refractivity (Wildman–Crippen MR) is 83.4 cm³/mol. The van der Waals surface area contributed by atoms with Crippen molar-refractivity contribution < 1.29 is 0 Å². The van der Waals surface area contributed by atoms with E-state index in [1.54, 1.807) is 0 Å². The van der Waals surface area contributed by atoms with Crippen molar-refractivity contribution in [2.24, 2.45) is 11.7 Å². The van der Waals surface area contributed by atoms with Crippen LogP contribution >= 0.6 is 0 Å². The van der Waals surface area contributed by atoms with Gasteiger partial charge >= 0.3 is 0 Å². The number of rotatable bonds is 7. The third kappa shape index (κ3) is 3.60. The fourth-order valence-corrected chi connectivity index (χ4v) is 2.94. The topological polar surface area (TPSA) is 41.8 Å². The van der Waals surface area contributed by atoms with Crippen LogP contribution in [0.15, 0.2) is 30.5 Å². The Morgan fingerprint density at radius 1 is 1.16 bits per heavy atom. The molecule has 0 saturated carbocycles. The van der Waals surface area contributed by atoms with Crippen LogP contribution in [-0.2, 0) is 0 Å². The Hall–Kier alpha value is -1.28. The molecule has 0 bridgehead atoms. The number of nitrogens with two attached hydrogens (primary N) is 1. The third-order valence-electron chi connectivity index (χ3n) is 3.82. The third-order valence-corrected chi connectivity index (χ3v) is 3.82. The monoisotopic (exact) mass is 258 g/mol. The van der Waals surface area contributed by atoms with Crippen molar-refractivity contribution in [3.8, 4) is 0 Å². The fourth-order valence-electron chi connectivity index (χ4n) is 2.94. The van der Waals surface area contributed by atoms with E-state index in [9.17, 15) is 0 Å². The molecule has 104 valence electrons. The second-order valence-corrected chi connectivity index (χ2v) is 5.90. The lowest BCUT2D eigenvalue weighted by Gasteiger charge is -2.18. The van der Waals surface area contributed by atoms with Crippen LogP contribution in [-0.4, -0.2) is 11.5 Å². The smallest absolute Gasteiger partial charge is 0.0456 e. The van der Waals surface area contributed by atoms with E-state index in [4.69, 9.17) is 5.73 Å². The van der Waals surface area contributed by atoms with Crippen molar-refractivity contribution in [3.63, 3.8) is 0 Å². The molecule has 2 rings (SSSR count). The van der Waals surface area contributed by atoms with Crippen LogP contribution in [0.5, 0.6) is 0 Å². The average molecular weight is 258 g/mol. The summed E-state index contributed by atoms with van der Waals surface area (Å²) in [6, 6.07) is 8.61. The number of H-pyrrole nitrogens is 1. The molecule has 0 aliphatic carbocycles. The Labute approximate surface area is 116 Å². The fraction of sp³-hybridized carbons (Fsp3) is 0.529. The summed E-state index contributed by atoms with van der Waals surface area (Å²) >= 11 is 0. The molecule has 1 aromatic heterocycles. The van der Waals surface area contributed by atoms with Gasteiger partial charge in [0, 0.05) is 17.1 Å². The molecule has 0 saturated heterocycles. The summed E-state index contributed by atoms with van der Waals surface area (Å²) in [6.45, 7) is 5.43. The zero-order chi connectivity index (χ0) is 13.7. The van der Waals surface area contributed by atoms with E-state index in [1.807, 2.05) is 0 Å². The Bertz CT molecular complexity index is 499. The molecule has 1 atom stereocenters. The number of fused-ring (bicyclic) bond motifs is 1. The first-order valence-electron chi connectivity index (χ1n) is 7.48. The zero-order valence-electron chi connectivity index (χ0n) is 12.2. The molecule has 2 heteroatoms. The molecular formula is C17H26N2. The van der Waals surface area contributed by atoms with Crippen LogP contribution in [0, 0.1) is 5.92 Å². The Morgan fingerprint density at radius 2 is 1.95 bits per heavy atom. The van der Waals surface area contributed by atoms with Gasteiger partial charge in [0.05, 0.1) is 0 Å². The van der Waals surface area contributed by atoms with Crippen LogP contribution in [0.4, 0.5) is 0 Å². The highest BCUT2D eigenvalue weighted by molar-refractivity contribution is 5.83. The molecule has 0 aliphatic rings. The second-order valence-electron chi connectivity index (χ2n) is 5.90. The molecule has 2 nitrogen and oxygen atoms in total. The van der Waals surface area contributed by atoms with Crippen molar-refractivity contribution >= 4 is 10.9 Å². The number of benzene rings is 1. The number of aromatic nitrogens is 1. The largest absolute Gasteiger partial charge is 0.361 e. The van der Waals surface area contributed by atoms with Crippen LogP contribution in [0.1, 0.15) is 51.0 Å². The minimum atomic E-state index is 0.655. The predicted octanol–water partition coefficient (Wildman–Crippen LogP) is 4.43. The number of unbranched alkanes of at least 4 members (excludes halogenated alkanes) is 1. The van der Waals surface area contributed by atoms with Crippen LogP contribution in [0.25, 0.3) is 10.9 Å². The highest BCUT2D eigenvalue weighted by Gasteiger charge is 2.16. The zero-order valence-corrected chi connectivity index (χ0v) is 12.2. The van der Waals surface area contributed by atoms with Gasteiger partial charge in [-0.1, -0.05) is 38.5 Å². The van der Waals surface area contributed by atoms with Crippen molar-refractivity contribution in [2.45, 2.75) is 45.4 Å². The summed E-state index contributed by atoms with van der Waals surface area (Å²) in [5.74, 6) is 1.39. The summed E-state index contributed by atoms with van der Waals surface area (Å²) in [6.07, 6.45) is 7.08. The normalized spacial score (nSPS) is 13.3. The molecule has 2 aromatic rings. The average Bonchev–Trinajstić information content (AvgIpc) is 2.81. The van der Waals surface area contributed by atoms with Gasteiger partial charge in [-0.2, -0.15) is 0 Å². The van der Waals surface area contributed by atoms with E-state index in [0.29, 0.717) is 5.92 Å². The molecule has 0 aliphatic heterocycles. The maximum absolute atomic E-state index is 5.62. The van der Waals surface area contributed by atoms with Gasteiger partial charge in [0.25, 0.3) is 0 Å². The molecule has 1 unspecified atom stereocenters. The van der Waals surface area contributed by atoms with E-state index in [-0.39, 0.29) is 0 Å². The molecule has 0 fully saturated rings. The van der Waals surface area contributed by atoms with E-state index in [0.717, 1.165) is 18.9 Å². The summed E-state index contributed by atoms with van der Waals surface area (Å²) in [5.41, 5.74) is 8.36.